The SMILES string of the molecule is Cc1cccc(NC(=O)C(=O)N2CCCNCC2)c1Br. The maximum absolute atomic E-state index is 12.1. The molecule has 0 aromatic heterocycles. The Morgan fingerprint density at radius 2 is 2.10 bits per heavy atom. The van der Waals surface area contributed by atoms with E-state index >= 15 is 0 Å². The van der Waals surface area contributed by atoms with E-state index in [9.17, 15) is 9.59 Å². The van der Waals surface area contributed by atoms with Crippen LogP contribution in [-0.2, 0) is 9.59 Å². The van der Waals surface area contributed by atoms with Crippen LogP contribution in [0, 0.1) is 6.92 Å². The molecule has 0 unspecified atom stereocenters. The van der Waals surface area contributed by atoms with Gasteiger partial charge in [0.1, 0.15) is 0 Å². The van der Waals surface area contributed by atoms with E-state index in [1.54, 1.807) is 11.0 Å². The molecule has 5 nitrogen and oxygen atoms in total. The molecular formula is C14H18BrN3O2. The van der Waals surface area contributed by atoms with Gasteiger partial charge in [-0.1, -0.05) is 12.1 Å². The molecule has 0 atom stereocenters. The highest BCUT2D eigenvalue weighted by molar-refractivity contribution is 9.10. The molecule has 20 heavy (non-hydrogen) atoms. The molecule has 1 aromatic rings. The second kappa shape index (κ2) is 6.85. The molecule has 0 spiro atoms. The zero-order valence-electron chi connectivity index (χ0n) is 11.4. The Kier molecular flexibility index (Phi) is 5.14. The average molecular weight is 340 g/mol. The smallest absolute Gasteiger partial charge is 0.313 e. The molecule has 1 aromatic carbocycles. The first-order valence-electron chi connectivity index (χ1n) is 6.65. The van der Waals surface area contributed by atoms with E-state index in [-0.39, 0.29) is 0 Å². The van der Waals surface area contributed by atoms with Gasteiger partial charge in [-0.25, -0.2) is 0 Å². The predicted octanol–water partition coefficient (Wildman–Crippen LogP) is 1.52. The molecule has 1 saturated heterocycles. The maximum Gasteiger partial charge on any atom is 0.313 e. The van der Waals surface area contributed by atoms with E-state index < -0.39 is 11.8 Å². The molecule has 0 saturated carbocycles. The minimum atomic E-state index is -0.585. The lowest BCUT2D eigenvalue weighted by Crippen LogP contribution is -2.41. The number of hydrogen-bond donors (Lipinski definition) is 2. The Balaban J connectivity index is 2.03. The van der Waals surface area contributed by atoms with E-state index in [1.807, 2.05) is 19.1 Å². The molecule has 2 N–H and O–H groups in total. The van der Waals surface area contributed by atoms with Gasteiger partial charge in [0.2, 0.25) is 0 Å². The number of anilines is 1. The predicted molar refractivity (Wildman–Crippen MR) is 81.6 cm³/mol. The monoisotopic (exact) mass is 339 g/mol. The van der Waals surface area contributed by atoms with Crippen molar-refractivity contribution in [3.8, 4) is 0 Å². The number of carbonyl (C=O) groups is 2. The summed E-state index contributed by atoms with van der Waals surface area (Å²) in [5.74, 6) is -1.06. The summed E-state index contributed by atoms with van der Waals surface area (Å²) in [5.41, 5.74) is 1.63. The van der Waals surface area contributed by atoms with Crippen molar-refractivity contribution in [3.63, 3.8) is 0 Å². The standard InChI is InChI=1S/C14H18BrN3O2/c1-10-4-2-5-11(12(10)15)17-13(19)14(20)18-8-3-6-16-7-9-18/h2,4-5,16H,3,6-9H2,1H3,(H,17,19). The fourth-order valence-electron chi connectivity index (χ4n) is 2.11. The highest BCUT2D eigenvalue weighted by atomic mass is 79.9. The number of rotatable bonds is 1. The van der Waals surface area contributed by atoms with Crippen molar-refractivity contribution in [2.45, 2.75) is 13.3 Å². The molecule has 0 radical (unpaired) electrons. The number of hydrogen-bond acceptors (Lipinski definition) is 3. The Labute approximate surface area is 126 Å². The van der Waals surface area contributed by atoms with Crippen LogP contribution < -0.4 is 10.6 Å². The van der Waals surface area contributed by atoms with Crippen LogP contribution in [0.2, 0.25) is 0 Å². The van der Waals surface area contributed by atoms with Crippen molar-refractivity contribution < 1.29 is 9.59 Å². The third-order valence-corrected chi connectivity index (χ3v) is 4.31. The number of carbonyl (C=O) groups excluding carboxylic acids is 2. The zero-order valence-corrected chi connectivity index (χ0v) is 13.0. The number of benzene rings is 1. The van der Waals surface area contributed by atoms with Crippen LogP contribution in [0.5, 0.6) is 0 Å². The van der Waals surface area contributed by atoms with E-state index in [0.717, 1.165) is 29.5 Å². The first kappa shape index (κ1) is 15.0. The summed E-state index contributed by atoms with van der Waals surface area (Å²) in [6.07, 6.45) is 0.868. The van der Waals surface area contributed by atoms with Crippen LogP contribution in [0.25, 0.3) is 0 Å². The molecule has 0 aliphatic carbocycles. The zero-order chi connectivity index (χ0) is 14.5. The molecule has 1 aliphatic rings. The molecule has 1 aliphatic heterocycles. The van der Waals surface area contributed by atoms with Gasteiger partial charge in [0.15, 0.2) is 0 Å². The Morgan fingerprint density at radius 3 is 2.90 bits per heavy atom. The van der Waals surface area contributed by atoms with Crippen molar-refractivity contribution in [3.05, 3.63) is 28.2 Å². The van der Waals surface area contributed by atoms with E-state index in [4.69, 9.17) is 0 Å². The number of aryl methyl sites for hydroxylation is 1. The summed E-state index contributed by atoms with van der Waals surface area (Å²) in [4.78, 5) is 25.8. The Bertz CT molecular complexity index is 511. The number of halogens is 1. The maximum atomic E-state index is 12.1. The van der Waals surface area contributed by atoms with E-state index in [1.165, 1.54) is 0 Å². The molecule has 2 rings (SSSR count). The van der Waals surface area contributed by atoms with Crippen molar-refractivity contribution in [1.29, 1.82) is 0 Å². The van der Waals surface area contributed by atoms with Crippen molar-refractivity contribution in [2.24, 2.45) is 0 Å². The van der Waals surface area contributed by atoms with E-state index in [2.05, 4.69) is 26.6 Å². The van der Waals surface area contributed by atoms with Gasteiger partial charge in [-0.2, -0.15) is 0 Å². The highest BCUT2D eigenvalue weighted by Crippen LogP contribution is 2.25. The minimum absolute atomic E-state index is 0.470. The quantitative estimate of drug-likeness (QED) is 0.762. The third kappa shape index (κ3) is 3.58. The van der Waals surface area contributed by atoms with Gasteiger partial charge in [-0.3, -0.25) is 9.59 Å². The second-order valence-electron chi connectivity index (χ2n) is 4.79. The fourth-order valence-corrected chi connectivity index (χ4v) is 2.48. The van der Waals surface area contributed by atoms with Crippen LogP contribution >= 0.6 is 15.9 Å². The van der Waals surface area contributed by atoms with Crippen LogP contribution in [0.1, 0.15) is 12.0 Å². The molecule has 6 heteroatoms. The van der Waals surface area contributed by atoms with Gasteiger partial charge in [-0.05, 0) is 47.4 Å². The van der Waals surface area contributed by atoms with Crippen LogP contribution in [0.3, 0.4) is 0 Å². The summed E-state index contributed by atoms with van der Waals surface area (Å²) in [7, 11) is 0. The summed E-state index contributed by atoms with van der Waals surface area (Å²) in [6, 6.07) is 5.55. The summed E-state index contributed by atoms with van der Waals surface area (Å²) in [6.45, 7) is 4.74. The average Bonchev–Trinajstić information content (AvgIpc) is 2.72. The Morgan fingerprint density at radius 1 is 1.30 bits per heavy atom. The summed E-state index contributed by atoms with van der Waals surface area (Å²) in [5, 5.41) is 5.88. The normalized spacial score (nSPS) is 15.6. The Hall–Kier alpha value is -1.40. The third-order valence-electron chi connectivity index (χ3n) is 3.26. The lowest BCUT2D eigenvalue weighted by atomic mass is 10.2. The van der Waals surface area contributed by atoms with E-state index in [0.29, 0.717) is 18.8 Å². The first-order valence-corrected chi connectivity index (χ1v) is 7.45. The summed E-state index contributed by atoms with van der Waals surface area (Å²) < 4.78 is 0.804. The molecular weight excluding hydrogens is 322 g/mol. The number of amides is 2. The highest BCUT2D eigenvalue weighted by Gasteiger charge is 2.23. The van der Waals surface area contributed by atoms with Crippen LogP contribution in [0.15, 0.2) is 22.7 Å². The molecule has 1 heterocycles. The van der Waals surface area contributed by atoms with Crippen LogP contribution in [-0.4, -0.2) is 42.9 Å². The van der Waals surface area contributed by atoms with Gasteiger partial charge in [0.05, 0.1) is 5.69 Å². The molecule has 0 bridgehead atoms. The molecule has 2 amide bonds. The van der Waals surface area contributed by atoms with Gasteiger partial charge in [0.25, 0.3) is 0 Å². The molecule has 1 fully saturated rings. The molecule has 108 valence electrons. The van der Waals surface area contributed by atoms with Gasteiger partial charge in [-0.15, -0.1) is 0 Å². The van der Waals surface area contributed by atoms with Gasteiger partial charge < -0.3 is 15.5 Å². The lowest BCUT2D eigenvalue weighted by Gasteiger charge is -2.19. The number of nitrogens with one attached hydrogen (secondary N) is 2. The van der Waals surface area contributed by atoms with Gasteiger partial charge >= 0.3 is 11.8 Å². The topological polar surface area (TPSA) is 61.4 Å². The summed E-state index contributed by atoms with van der Waals surface area (Å²) >= 11 is 3.42. The fraction of sp³-hybridized carbons (Fsp3) is 0.429. The van der Waals surface area contributed by atoms with Crippen molar-refractivity contribution in [2.75, 3.05) is 31.5 Å². The van der Waals surface area contributed by atoms with Crippen molar-refractivity contribution >= 4 is 33.4 Å². The number of nitrogens with zero attached hydrogens (tertiary/aromatic N) is 1. The largest absolute Gasteiger partial charge is 0.333 e. The first-order chi connectivity index (χ1) is 9.59. The van der Waals surface area contributed by atoms with Crippen molar-refractivity contribution in [1.82, 2.24) is 10.2 Å². The van der Waals surface area contributed by atoms with Crippen LogP contribution in [0.4, 0.5) is 5.69 Å². The minimum Gasteiger partial charge on any atom is -0.333 e. The lowest BCUT2D eigenvalue weighted by molar-refractivity contribution is -0.143. The second-order valence-corrected chi connectivity index (χ2v) is 5.58. The van der Waals surface area contributed by atoms with Gasteiger partial charge in [0, 0.05) is 24.1 Å².